The molecule has 0 radical (unpaired) electrons. The number of rotatable bonds is 3. The van der Waals surface area contributed by atoms with Gasteiger partial charge in [0.15, 0.2) is 0 Å². The van der Waals surface area contributed by atoms with Crippen molar-refractivity contribution in [3.05, 3.63) is 35.9 Å². The Balaban J connectivity index is 0.00000147. The molecule has 2 heterocycles. The maximum atomic E-state index is 6.20. The molecule has 0 amide bonds. The quantitative estimate of drug-likeness (QED) is 0.855. The zero-order valence-electron chi connectivity index (χ0n) is 12.1. The van der Waals surface area contributed by atoms with E-state index in [2.05, 4.69) is 29.2 Å². The molecule has 20 heavy (non-hydrogen) atoms. The molecule has 0 aromatic heterocycles. The average molecular weight is 298 g/mol. The van der Waals surface area contributed by atoms with Crippen molar-refractivity contribution in [1.82, 2.24) is 4.90 Å². The fourth-order valence-electron chi connectivity index (χ4n) is 3.27. The number of fused-ring (bicyclic) bond motifs is 1. The van der Waals surface area contributed by atoms with Gasteiger partial charge in [-0.1, -0.05) is 36.8 Å². The number of morpholine rings is 1. The summed E-state index contributed by atoms with van der Waals surface area (Å²) < 4.78 is 12.2. The molecule has 0 bridgehead atoms. The van der Waals surface area contributed by atoms with E-state index in [1.807, 2.05) is 13.0 Å². The van der Waals surface area contributed by atoms with Crippen LogP contribution in [-0.2, 0) is 15.3 Å². The highest BCUT2D eigenvalue weighted by Gasteiger charge is 2.43. The lowest BCUT2D eigenvalue weighted by molar-refractivity contribution is -0.288. The van der Waals surface area contributed by atoms with Crippen LogP contribution in [0.15, 0.2) is 30.3 Å². The monoisotopic (exact) mass is 297 g/mol. The third-order valence-corrected chi connectivity index (χ3v) is 4.26. The van der Waals surface area contributed by atoms with Crippen LogP contribution in [0.5, 0.6) is 0 Å². The molecular weight excluding hydrogens is 274 g/mol. The Morgan fingerprint density at radius 2 is 2.10 bits per heavy atom. The van der Waals surface area contributed by atoms with E-state index < -0.39 is 5.79 Å². The molecule has 2 saturated heterocycles. The number of piperidine rings is 1. The Labute approximate surface area is 127 Å². The SMILES string of the molecule is CCOC1(c2ccccc2)CN2CCCCC2CO1.Cl. The molecule has 4 heteroatoms. The van der Waals surface area contributed by atoms with Gasteiger partial charge in [0.25, 0.3) is 0 Å². The summed E-state index contributed by atoms with van der Waals surface area (Å²) in [6, 6.07) is 11.0. The molecule has 2 atom stereocenters. The molecule has 2 unspecified atom stereocenters. The Kier molecular flexibility index (Phi) is 5.44. The van der Waals surface area contributed by atoms with Crippen molar-refractivity contribution in [2.45, 2.75) is 38.0 Å². The normalized spacial score (nSPS) is 30.4. The van der Waals surface area contributed by atoms with Gasteiger partial charge < -0.3 is 9.47 Å². The Morgan fingerprint density at radius 3 is 2.85 bits per heavy atom. The maximum absolute atomic E-state index is 6.20. The molecule has 0 saturated carbocycles. The van der Waals surface area contributed by atoms with Crippen LogP contribution in [0.1, 0.15) is 31.7 Å². The number of halogens is 1. The van der Waals surface area contributed by atoms with E-state index in [0.29, 0.717) is 12.6 Å². The second-order valence-electron chi connectivity index (χ2n) is 5.48. The maximum Gasteiger partial charge on any atom is 0.208 e. The number of nitrogens with zero attached hydrogens (tertiary/aromatic N) is 1. The van der Waals surface area contributed by atoms with Gasteiger partial charge in [-0.15, -0.1) is 12.4 Å². The van der Waals surface area contributed by atoms with Gasteiger partial charge in [0.05, 0.1) is 13.2 Å². The van der Waals surface area contributed by atoms with Crippen molar-refractivity contribution in [1.29, 1.82) is 0 Å². The van der Waals surface area contributed by atoms with Crippen LogP contribution in [0.4, 0.5) is 0 Å². The molecule has 2 aliphatic heterocycles. The predicted molar refractivity (Wildman–Crippen MR) is 82.2 cm³/mol. The largest absolute Gasteiger partial charge is 0.345 e. The van der Waals surface area contributed by atoms with Gasteiger partial charge in [0, 0.05) is 18.2 Å². The summed E-state index contributed by atoms with van der Waals surface area (Å²) in [4.78, 5) is 2.55. The lowest BCUT2D eigenvalue weighted by Gasteiger charge is -2.48. The molecule has 3 rings (SSSR count). The number of hydrogen-bond acceptors (Lipinski definition) is 3. The van der Waals surface area contributed by atoms with Crippen LogP contribution in [-0.4, -0.2) is 37.2 Å². The van der Waals surface area contributed by atoms with Gasteiger partial charge in [-0.05, 0) is 26.3 Å². The highest BCUT2D eigenvalue weighted by Crippen LogP contribution is 2.35. The van der Waals surface area contributed by atoms with Crippen molar-refractivity contribution in [3.63, 3.8) is 0 Å². The van der Waals surface area contributed by atoms with Crippen molar-refractivity contribution < 1.29 is 9.47 Å². The first kappa shape index (κ1) is 15.8. The van der Waals surface area contributed by atoms with E-state index in [9.17, 15) is 0 Å². The first-order valence-corrected chi connectivity index (χ1v) is 7.41. The summed E-state index contributed by atoms with van der Waals surface area (Å²) >= 11 is 0. The lowest BCUT2D eigenvalue weighted by atomic mass is 9.96. The standard InChI is InChI=1S/C16H23NO2.ClH/c1-2-18-16(14-8-4-3-5-9-14)13-17-11-7-6-10-15(17)12-19-16;/h3-5,8-9,15H,2,6-7,10-13H2,1H3;1H. The molecule has 112 valence electrons. The van der Waals surface area contributed by atoms with Crippen molar-refractivity contribution >= 4 is 12.4 Å². The predicted octanol–water partition coefficient (Wildman–Crippen LogP) is 3.18. The number of ether oxygens (including phenoxy) is 2. The molecule has 1 aromatic carbocycles. The minimum absolute atomic E-state index is 0. The second kappa shape index (κ2) is 6.90. The summed E-state index contributed by atoms with van der Waals surface area (Å²) in [5.74, 6) is -0.566. The minimum atomic E-state index is -0.566. The molecule has 1 aromatic rings. The molecule has 0 N–H and O–H groups in total. The zero-order chi connectivity index (χ0) is 13.1. The topological polar surface area (TPSA) is 21.7 Å². The van der Waals surface area contributed by atoms with Crippen LogP contribution < -0.4 is 0 Å². The summed E-state index contributed by atoms with van der Waals surface area (Å²) in [7, 11) is 0. The molecule has 0 aliphatic carbocycles. The first-order valence-electron chi connectivity index (χ1n) is 7.41. The average Bonchev–Trinajstić information content (AvgIpc) is 2.48. The van der Waals surface area contributed by atoms with Gasteiger partial charge in [0.1, 0.15) is 0 Å². The summed E-state index contributed by atoms with van der Waals surface area (Å²) in [5.41, 5.74) is 1.14. The van der Waals surface area contributed by atoms with E-state index in [1.54, 1.807) is 0 Å². The van der Waals surface area contributed by atoms with Gasteiger partial charge in [0.2, 0.25) is 5.79 Å². The van der Waals surface area contributed by atoms with Crippen LogP contribution in [0.2, 0.25) is 0 Å². The molecule has 3 nitrogen and oxygen atoms in total. The zero-order valence-corrected chi connectivity index (χ0v) is 12.9. The Hall–Kier alpha value is -0.610. The molecular formula is C16H24ClNO2. The van der Waals surface area contributed by atoms with E-state index in [4.69, 9.17) is 9.47 Å². The van der Waals surface area contributed by atoms with Crippen LogP contribution in [0.25, 0.3) is 0 Å². The summed E-state index contributed by atoms with van der Waals surface area (Å²) in [6.07, 6.45) is 3.89. The van der Waals surface area contributed by atoms with E-state index in [-0.39, 0.29) is 12.4 Å². The van der Waals surface area contributed by atoms with E-state index in [0.717, 1.165) is 18.7 Å². The Morgan fingerprint density at radius 1 is 1.30 bits per heavy atom. The van der Waals surface area contributed by atoms with Crippen molar-refractivity contribution in [3.8, 4) is 0 Å². The van der Waals surface area contributed by atoms with Crippen molar-refractivity contribution in [2.24, 2.45) is 0 Å². The molecule has 0 spiro atoms. The summed E-state index contributed by atoms with van der Waals surface area (Å²) in [6.45, 7) is 5.53. The van der Waals surface area contributed by atoms with Crippen LogP contribution in [0.3, 0.4) is 0 Å². The van der Waals surface area contributed by atoms with Gasteiger partial charge in [-0.2, -0.15) is 0 Å². The molecule has 2 aliphatic rings. The fraction of sp³-hybridized carbons (Fsp3) is 0.625. The van der Waals surface area contributed by atoms with Gasteiger partial charge >= 0.3 is 0 Å². The van der Waals surface area contributed by atoms with Crippen LogP contribution >= 0.6 is 12.4 Å². The third kappa shape index (κ3) is 3.01. The minimum Gasteiger partial charge on any atom is -0.345 e. The first-order chi connectivity index (χ1) is 9.34. The smallest absolute Gasteiger partial charge is 0.208 e. The highest BCUT2D eigenvalue weighted by molar-refractivity contribution is 5.85. The Bertz CT molecular complexity index is 414. The van der Waals surface area contributed by atoms with Gasteiger partial charge in [-0.3, -0.25) is 4.90 Å². The fourth-order valence-corrected chi connectivity index (χ4v) is 3.27. The van der Waals surface area contributed by atoms with Gasteiger partial charge in [-0.25, -0.2) is 0 Å². The third-order valence-electron chi connectivity index (χ3n) is 4.26. The van der Waals surface area contributed by atoms with E-state index >= 15 is 0 Å². The second-order valence-corrected chi connectivity index (χ2v) is 5.48. The number of hydrogen-bond donors (Lipinski definition) is 0. The highest BCUT2D eigenvalue weighted by atomic mass is 35.5. The molecule has 2 fully saturated rings. The van der Waals surface area contributed by atoms with E-state index in [1.165, 1.54) is 25.8 Å². The lowest BCUT2D eigenvalue weighted by Crippen LogP contribution is -2.57. The number of benzene rings is 1. The van der Waals surface area contributed by atoms with Crippen LogP contribution in [0, 0.1) is 0 Å². The summed E-state index contributed by atoms with van der Waals surface area (Å²) in [5, 5.41) is 0. The van der Waals surface area contributed by atoms with Crippen molar-refractivity contribution in [2.75, 3.05) is 26.3 Å².